The van der Waals surface area contributed by atoms with E-state index < -0.39 is 0 Å². The van der Waals surface area contributed by atoms with Crippen LogP contribution in [0.1, 0.15) is 89.9 Å². The van der Waals surface area contributed by atoms with Crippen molar-refractivity contribution in [1.82, 2.24) is 9.55 Å². The molecule has 0 radical (unpaired) electrons. The minimum atomic E-state index is 0.931. The fourth-order valence-electron chi connectivity index (χ4n) is 11.3. The Hall–Kier alpha value is -7.03. The minimum Gasteiger partial charge on any atom is -0.306 e. The van der Waals surface area contributed by atoms with E-state index in [9.17, 15) is 0 Å². The van der Waals surface area contributed by atoms with Crippen molar-refractivity contribution in [1.29, 1.82) is 0 Å². The van der Waals surface area contributed by atoms with Crippen molar-refractivity contribution >= 4 is 54.7 Å². The van der Waals surface area contributed by atoms with Gasteiger partial charge < -0.3 is 4.57 Å². The normalized spacial score (nSPS) is 12.7. The Morgan fingerprint density at radius 3 is 1.25 bits per heavy atom. The number of hydrogen-bond donors (Lipinski definition) is 0. The van der Waals surface area contributed by atoms with Crippen LogP contribution in [0.2, 0.25) is 0 Å². The summed E-state index contributed by atoms with van der Waals surface area (Å²) in [6, 6.07) is 38.7. The van der Waals surface area contributed by atoms with Crippen molar-refractivity contribution in [3.05, 3.63) is 199 Å². The van der Waals surface area contributed by atoms with Crippen LogP contribution < -0.4 is 0 Å². The molecule has 330 valence electrons. The van der Waals surface area contributed by atoms with E-state index in [4.69, 9.17) is 0 Å². The number of rotatable bonds is 5. The average Bonchev–Trinajstić information content (AvgIpc) is 3.87. The lowest BCUT2D eigenvalue weighted by atomic mass is 9.78. The standard InChI is InChI=1S/C65H60N2/c1-35-21-50(22-36(2)43(35)9)47-13-16-55-56-17-14-48(51-23-37(3)44(10)38(4)24-51)30-59(56)65-61-32-54(53-27-41(7)46(12)42(8)28-53)33-62(67-20-19-66-34-67)63(61)57-18-15-49(31-60(57)64(65)58(55)29-47)52-25-39(5)45(11)40(6)26-52/h13-14,16-17,19-34H,15,18H2,1-12H3. The molecule has 0 saturated carbocycles. The molecular formula is C65H60N2. The number of imidazole rings is 1. The Bertz CT molecular complexity index is 3700. The molecule has 11 rings (SSSR count). The molecule has 0 aliphatic heterocycles. The third kappa shape index (κ3) is 6.87. The summed E-state index contributed by atoms with van der Waals surface area (Å²) in [7, 11) is 0. The van der Waals surface area contributed by atoms with Crippen molar-refractivity contribution in [3.63, 3.8) is 0 Å². The maximum absolute atomic E-state index is 4.66. The molecule has 2 nitrogen and oxygen atoms in total. The second kappa shape index (κ2) is 15.8. The van der Waals surface area contributed by atoms with Gasteiger partial charge in [-0.05, 0) is 280 Å². The largest absolute Gasteiger partial charge is 0.306 e. The maximum atomic E-state index is 4.66. The fourth-order valence-corrected chi connectivity index (χ4v) is 11.3. The van der Waals surface area contributed by atoms with E-state index in [0.29, 0.717) is 0 Å². The Balaban J connectivity index is 1.38. The molecule has 1 heterocycles. The molecule has 9 aromatic carbocycles. The number of aryl methyl sites for hydroxylation is 9. The van der Waals surface area contributed by atoms with Gasteiger partial charge in [-0.15, -0.1) is 0 Å². The predicted octanol–water partition coefficient (Wildman–Crippen LogP) is 17.7. The van der Waals surface area contributed by atoms with E-state index >= 15 is 0 Å². The van der Waals surface area contributed by atoms with Gasteiger partial charge in [-0.2, -0.15) is 0 Å². The molecular weight excluding hydrogens is 809 g/mol. The van der Waals surface area contributed by atoms with Crippen molar-refractivity contribution in [2.75, 3.05) is 0 Å². The smallest absolute Gasteiger partial charge is 0.0991 e. The molecule has 2 heteroatoms. The van der Waals surface area contributed by atoms with E-state index in [1.54, 1.807) is 0 Å². The highest BCUT2D eigenvalue weighted by molar-refractivity contribution is 6.35. The van der Waals surface area contributed by atoms with Crippen molar-refractivity contribution < 1.29 is 0 Å². The van der Waals surface area contributed by atoms with Crippen LogP contribution in [0.3, 0.4) is 0 Å². The average molecular weight is 869 g/mol. The fraction of sp³-hybridized carbons (Fsp3) is 0.215. The van der Waals surface area contributed by atoms with E-state index in [2.05, 4.69) is 202 Å². The lowest BCUT2D eigenvalue weighted by Crippen LogP contribution is -2.06. The van der Waals surface area contributed by atoms with E-state index in [1.165, 1.54) is 171 Å². The van der Waals surface area contributed by atoms with Crippen LogP contribution in [0.15, 0.2) is 116 Å². The minimum absolute atomic E-state index is 0.931. The zero-order chi connectivity index (χ0) is 46.7. The number of nitrogens with zero attached hydrogens (tertiary/aromatic N) is 2. The first-order chi connectivity index (χ1) is 32.1. The molecule has 0 N–H and O–H groups in total. The van der Waals surface area contributed by atoms with Crippen molar-refractivity contribution in [2.24, 2.45) is 0 Å². The van der Waals surface area contributed by atoms with Gasteiger partial charge in [0, 0.05) is 17.8 Å². The molecule has 0 saturated heterocycles. The molecule has 1 aromatic heterocycles. The Morgan fingerprint density at radius 2 is 0.791 bits per heavy atom. The van der Waals surface area contributed by atoms with E-state index in [-0.39, 0.29) is 0 Å². The molecule has 0 amide bonds. The first kappa shape index (κ1) is 42.6. The maximum Gasteiger partial charge on any atom is 0.0991 e. The lowest BCUT2D eigenvalue weighted by Gasteiger charge is -2.27. The highest BCUT2D eigenvalue weighted by Gasteiger charge is 2.26. The van der Waals surface area contributed by atoms with Gasteiger partial charge in [0.25, 0.3) is 0 Å². The highest BCUT2D eigenvalue weighted by atomic mass is 15.0. The van der Waals surface area contributed by atoms with Gasteiger partial charge in [-0.25, -0.2) is 4.98 Å². The second-order valence-electron chi connectivity index (χ2n) is 20.2. The van der Waals surface area contributed by atoms with Gasteiger partial charge in [0.2, 0.25) is 0 Å². The molecule has 67 heavy (non-hydrogen) atoms. The summed E-state index contributed by atoms with van der Waals surface area (Å²) in [6.45, 7) is 27.0. The van der Waals surface area contributed by atoms with Crippen LogP contribution in [0.4, 0.5) is 0 Å². The van der Waals surface area contributed by atoms with Crippen LogP contribution in [-0.2, 0) is 6.42 Å². The second-order valence-corrected chi connectivity index (χ2v) is 20.2. The first-order valence-electron chi connectivity index (χ1n) is 24.1. The van der Waals surface area contributed by atoms with Gasteiger partial charge >= 0.3 is 0 Å². The molecule has 0 bridgehead atoms. The Labute approximate surface area is 396 Å². The number of benzene rings is 9. The van der Waals surface area contributed by atoms with Gasteiger partial charge in [0.15, 0.2) is 0 Å². The van der Waals surface area contributed by atoms with E-state index in [0.717, 1.165) is 12.8 Å². The Kier molecular flexibility index (Phi) is 10.0. The number of hydrogen-bond acceptors (Lipinski definition) is 1. The molecule has 0 atom stereocenters. The van der Waals surface area contributed by atoms with Crippen LogP contribution in [-0.4, -0.2) is 9.55 Å². The molecule has 1 aliphatic carbocycles. The summed E-state index contributed by atoms with van der Waals surface area (Å²) >= 11 is 0. The number of fused-ring (bicyclic) bond motifs is 11. The molecule has 0 spiro atoms. The molecule has 0 unspecified atom stereocenters. The monoisotopic (exact) mass is 868 g/mol. The van der Waals surface area contributed by atoms with Crippen molar-refractivity contribution in [2.45, 2.75) is 95.9 Å². The summed E-state index contributed by atoms with van der Waals surface area (Å²) in [6.07, 6.45) is 10.5. The van der Waals surface area contributed by atoms with E-state index in [1.807, 2.05) is 12.5 Å². The summed E-state index contributed by atoms with van der Waals surface area (Å²) in [5.41, 5.74) is 30.2. The summed E-state index contributed by atoms with van der Waals surface area (Å²) < 4.78 is 2.25. The zero-order valence-corrected chi connectivity index (χ0v) is 41.4. The van der Waals surface area contributed by atoms with Crippen LogP contribution in [0.5, 0.6) is 0 Å². The van der Waals surface area contributed by atoms with Crippen LogP contribution in [0.25, 0.3) is 93.8 Å². The predicted molar refractivity (Wildman–Crippen MR) is 289 cm³/mol. The summed E-state index contributed by atoms with van der Waals surface area (Å²) in [5, 5.41) is 10.4. The lowest BCUT2D eigenvalue weighted by molar-refractivity contribution is 1.01. The third-order valence-electron chi connectivity index (χ3n) is 16.2. The zero-order valence-electron chi connectivity index (χ0n) is 41.4. The number of aromatic nitrogens is 2. The first-order valence-corrected chi connectivity index (χ1v) is 24.1. The van der Waals surface area contributed by atoms with Gasteiger partial charge in [-0.3, -0.25) is 0 Å². The molecule has 10 aromatic rings. The summed E-state index contributed by atoms with van der Waals surface area (Å²) in [4.78, 5) is 4.66. The SMILES string of the molecule is Cc1cc(C2=Cc3c(c4c(-n5ccnc5)cc(-c5cc(C)c(C)c(C)c5)cc4c4c5cc(-c6cc(C)c(C)c(C)c6)ccc5c5ccc(-c6cc(C)c(C)c(C)c6)cc5c34)CC2)cc(C)c1C. The van der Waals surface area contributed by atoms with Gasteiger partial charge in [-0.1, -0.05) is 78.9 Å². The number of allylic oxidation sites excluding steroid dienone is 1. The topological polar surface area (TPSA) is 17.8 Å². The van der Waals surface area contributed by atoms with Crippen LogP contribution >= 0.6 is 0 Å². The molecule has 0 fully saturated rings. The molecule has 1 aliphatic rings. The van der Waals surface area contributed by atoms with Crippen LogP contribution in [0, 0.1) is 83.1 Å². The van der Waals surface area contributed by atoms with Gasteiger partial charge in [0.05, 0.1) is 12.0 Å². The highest BCUT2D eigenvalue weighted by Crippen LogP contribution is 2.50. The van der Waals surface area contributed by atoms with Gasteiger partial charge in [0.1, 0.15) is 0 Å². The third-order valence-corrected chi connectivity index (χ3v) is 16.2. The quantitative estimate of drug-likeness (QED) is 0.158. The summed E-state index contributed by atoms with van der Waals surface area (Å²) in [5.74, 6) is 0. The Morgan fingerprint density at radius 1 is 0.373 bits per heavy atom. The van der Waals surface area contributed by atoms with Crippen molar-refractivity contribution in [3.8, 4) is 39.1 Å².